The van der Waals surface area contributed by atoms with Crippen molar-refractivity contribution in [1.29, 1.82) is 0 Å². The Morgan fingerprint density at radius 2 is 2.56 bits per heavy atom. The van der Waals surface area contributed by atoms with Gasteiger partial charge in [-0.05, 0) is 25.1 Å². The summed E-state index contributed by atoms with van der Waals surface area (Å²) in [6.07, 6.45) is 2.65. The molecule has 0 radical (unpaired) electrons. The quantitative estimate of drug-likeness (QED) is 0.491. The minimum atomic E-state index is 0.734. The van der Waals surface area contributed by atoms with Gasteiger partial charge in [0.05, 0.1) is 0 Å². The Balaban J connectivity index is 2.15. The highest BCUT2D eigenvalue weighted by molar-refractivity contribution is 7.80. The van der Waals surface area contributed by atoms with Crippen LogP contribution in [0.1, 0.15) is 12.8 Å². The number of fused-ring (bicyclic) bond motifs is 1. The minimum absolute atomic E-state index is 0.734. The van der Waals surface area contributed by atoms with E-state index in [1.807, 2.05) is 0 Å². The molecule has 1 atom stereocenters. The lowest BCUT2D eigenvalue weighted by Gasteiger charge is -2.13. The Labute approximate surface area is 60.2 Å². The van der Waals surface area contributed by atoms with Gasteiger partial charge in [-0.2, -0.15) is 0 Å². The average Bonchev–Trinajstić information content (AvgIpc) is 2.35. The molecule has 0 bridgehead atoms. The zero-order chi connectivity index (χ0) is 6.27. The number of hydrogen-bond acceptors (Lipinski definition) is 1. The molecule has 9 heavy (non-hydrogen) atoms. The highest BCUT2D eigenvalue weighted by Crippen LogP contribution is 2.20. The fraction of sp³-hybridized carbons (Fsp3) is 0.833. The predicted octanol–water partition coefficient (Wildman–Crippen LogP) is 0.339. The fourth-order valence-electron chi connectivity index (χ4n) is 1.62. The van der Waals surface area contributed by atoms with E-state index in [9.17, 15) is 0 Å². The molecule has 0 amide bonds. The summed E-state index contributed by atoms with van der Waals surface area (Å²) in [5.74, 6) is 0. The standard InChI is InChI=1S/C6H10N2S/c9-6-7-4-5-2-1-3-8(5)6/h5H,1-4H2,(H,7,9). The van der Waals surface area contributed by atoms with Crippen molar-refractivity contribution >= 4 is 17.3 Å². The van der Waals surface area contributed by atoms with Gasteiger partial charge in [0.25, 0.3) is 0 Å². The summed E-state index contributed by atoms with van der Waals surface area (Å²) in [5, 5.41) is 4.15. The maximum atomic E-state index is 5.07. The van der Waals surface area contributed by atoms with Crippen molar-refractivity contribution in [2.75, 3.05) is 13.1 Å². The van der Waals surface area contributed by atoms with E-state index >= 15 is 0 Å². The van der Waals surface area contributed by atoms with Gasteiger partial charge in [0.2, 0.25) is 0 Å². The van der Waals surface area contributed by atoms with E-state index in [1.165, 1.54) is 19.4 Å². The van der Waals surface area contributed by atoms with Crippen LogP contribution in [0.4, 0.5) is 0 Å². The van der Waals surface area contributed by atoms with E-state index in [0.717, 1.165) is 17.7 Å². The van der Waals surface area contributed by atoms with Crippen molar-refractivity contribution in [3.63, 3.8) is 0 Å². The zero-order valence-electron chi connectivity index (χ0n) is 5.26. The topological polar surface area (TPSA) is 15.3 Å². The maximum absolute atomic E-state index is 5.07. The van der Waals surface area contributed by atoms with Crippen LogP contribution in [0.5, 0.6) is 0 Å². The van der Waals surface area contributed by atoms with Crippen LogP contribution < -0.4 is 5.32 Å². The molecule has 2 heterocycles. The molecule has 50 valence electrons. The molecule has 2 aliphatic heterocycles. The van der Waals surface area contributed by atoms with Gasteiger partial charge in [0.1, 0.15) is 0 Å². The molecule has 0 saturated carbocycles. The van der Waals surface area contributed by atoms with Crippen LogP contribution in [0.2, 0.25) is 0 Å². The SMILES string of the molecule is S=C1NCC2CCCN12. The first-order valence-electron chi connectivity index (χ1n) is 3.42. The van der Waals surface area contributed by atoms with Gasteiger partial charge in [-0.3, -0.25) is 0 Å². The number of nitrogens with one attached hydrogen (secondary N) is 1. The molecule has 2 fully saturated rings. The van der Waals surface area contributed by atoms with Crippen LogP contribution in [0, 0.1) is 0 Å². The Hall–Kier alpha value is -0.310. The molecule has 2 aliphatic rings. The van der Waals surface area contributed by atoms with Crippen molar-refractivity contribution in [2.24, 2.45) is 0 Å². The van der Waals surface area contributed by atoms with Crippen molar-refractivity contribution in [2.45, 2.75) is 18.9 Å². The Kier molecular flexibility index (Phi) is 1.12. The average molecular weight is 142 g/mol. The van der Waals surface area contributed by atoms with Gasteiger partial charge in [-0.1, -0.05) is 0 Å². The van der Waals surface area contributed by atoms with Gasteiger partial charge >= 0.3 is 0 Å². The molecule has 0 aromatic carbocycles. The van der Waals surface area contributed by atoms with E-state index in [4.69, 9.17) is 12.2 Å². The Bertz CT molecular complexity index is 146. The summed E-state index contributed by atoms with van der Waals surface area (Å²) >= 11 is 5.07. The van der Waals surface area contributed by atoms with Crippen LogP contribution >= 0.6 is 12.2 Å². The van der Waals surface area contributed by atoms with Crippen molar-refractivity contribution in [3.8, 4) is 0 Å². The first-order chi connectivity index (χ1) is 4.38. The highest BCUT2D eigenvalue weighted by atomic mass is 32.1. The molecule has 0 spiro atoms. The first-order valence-corrected chi connectivity index (χ1v) is 3.83. The molecule has 2 nitrogen and oxygen atoms in total. The number of hydrogen-bond donors (Lipinski definition) is 1. The molecule has 2 rings (SSSR count). The Morgan fingerprint density at radius 1 is 1.67 bits per heavy atom. The molecule has 0 aliphatic carbocycles. The fourth-order valence-corrected chi connectivity index (χ4v) is 1.95. The number of thiocarbonyl (C=S) groups is 1. The number of rotatable bonds is 0. The second kappa shape index (κ2) is 1.84. The predicted molar refractivity (Wildman–Crippen MR) is 40.3 cm³/mol. The van der Waals surface area contributed by atoms with Crippen molar-refractivity contribution in [1.82, 2.24) is 10.2 Å². The molecule has 0 aromatic rings. The van der Waals surface area contributed by atoms with E-state index < -0.39 is 0 Å². The second-order valence-corrected chi connectivity index (χ2v) is 3.06. The molecular weight excluding hydrogens is 132 g/mol. The third-order valence-corrected chi connectivity index (χ3v) is 2.51. The van der Waals surface area contributed by atoms with Gasteiger partial charge in [0, 0.05) is 19.1 Å². The van der Waals surface area contributed by atoms with Crippen LogP contribution in [-0.4, -0.2) is 29.1 Å². The van der Waals surface area contributed by atoms with Crippen molar-refractivity contribution < 1.29 is 0 Å². The molecule has 2 saturated heterocycles. The molecular formula is C6H10N2S. The summed E-state index contributed by atoms with van der Waals surface area (Å²) in [6.45, 7) is 2.26. The third-order valence-electron chi connectivity index (χ3n) is 2.13. The summed E-state index contributed by atoms with van der Waals surface area (Å²) < 4.78 is 0. The molecule has 1 N–H and O–H groups in total. The van der Waals surface area contributed by atoms with Crippen LogP contribution in [0.25, 0.3) is 0 Å². The van der Waals surface area contributed by atoms with E-state index in [1.54, 1.807) is 0 Å². The monoisotopic (exact) mass is 142 g/mol. The largest absolute Gasteiger partial charge is 0.360 e. The highest BCUT2D eigenvalue weighted by Gasteiger charge is 2.31. The molecule has 1 unspecified atom stereocenters. The van der Waals surface area contributed by atoms with E-state index in [0.29, 0.717) is 0 Å². The van der Waals surface area contributed by atoms with Crippen LogP contribution in [0.3, 0.4) is 0 Å². The van der Waals surface area contributed by atoms with E-state index in [-0.39, 0.29) is 0 Å². The summed E-state index contributed by atoms with van der Waals surface area (Å²) in [4.78, 5) is 2.30. The Morgan fingerprint density at radius 3 is 3.33 bits per heavy atom. The van der Waals surface area contributed by atoms with Crippen molar-refractivity contribution in [3.05, 3.63) is 0 Å². The summed E-state index contributed by atoms with van der Waals surface area (Å²) in [5.41, 5.74) is 0. The smallest absolute Gasteiger partial charge is 0.169 e. The summed E-state index contributed by atoms with van der Waals surface area (Å²) in [6, 6.07) is 0.734. The zero-order valence-corrected chi connectivity index (χ0v) is 6.08. The summed E-state index contributed by atoms with van der Waals surface area (Å²) in [7, 11) is 0. The maximum Gasteiger partial charge on any atom is 0.169 e. The lowest BCUT2D eigenvalue weighted by Crippen LogP contribution is -2.28. The second-order valence-electron chi connectivity index (χ2n) is 2.68. The lowest BCUT2D eigenvalue weighted by atomic mass is 10.2. The number of nitrogens with zero attached hydrogens (tertiary/aromatic N) is 1. The third kappa shape index (κ3) is 0.713. The molecule has 0 aromatic heterocycles. The normalized spacial score (nSPS) is 32.7. The molecule has 3 heteroatoms. The van der Waals surface area contributed by atoms with Gasteiger partial charge in [-0.25, -0.2) is 0 Å². The van der Waals surface area contributed by atoms with Crippen LogP contribution in [-0.2, 0) is 0 Å². The van der Waals surface area contributed by atoms with E-state index in [2.05, 4.69) is 10.2 Å². The first kappa shape index (κ1) is 5.47. The lowest BCUT2D eigenvalue weighted by molar-refractivity contribution is 0.442. The van der Waals surface area contributed by atoms with Gasteiger partial charge < -0.3 is 10.2 Å². The van der Waals surface area contributed by atoms with Gasteiger partial charge in [0.15, 0.2) is 5.11 Å². The van der Waals surface area contributed by atoms with Gasteiger partial charge in [-0.15, -0.1) is 0 Å². The van der Waals surface area contributed by atoms with Crippen LogP contribution in [0.15, 0.2) is 0 Å². The minimum Gasteiger partial charge on any atom is -0.360 e.